The molecule has 1 aliphatic heterocycles. The highest BCUT2D eigenvalue weighted by molar-refractivity contribution is 5.95. The second-order valence-corrected chi connectivity index (χ2v) is 6.89. The molecule has 3 rings (SSSR count). The van der Waals surface area contributed by atoms with Crippen LogP contribution in [0.5, 0.6) is 0 Å². The van der Waals surface area contributed by atoms with Crippen LogP contribution in [0.3, 0.4) is 0 Å². The second-order valence-electron chi connectivity index (χ2n) is 6.89. The molecule has 2 heterocycles. The maximum absolute atomic E-state index is 12.5. The number of ether oxygens (including phenoxy) is 1. The molecule has 1 aliphatic rings. The van der Waals surface area contributed by atoms with E-state index in [1.54, 1.807) is 12.1 Å². The van der Waals surface area contributed by atoms with E-state index in [1.165, 1.54) is 0 Å². The van der Waals surface area contributed by atoms with Crippen molar-refractivity contribution in [1.82, 2.24) is 15.1 Å². The van der Waals surface area contributed by atoms with Gasteiger partial charge in [0.15, 0.2) is 0 Å². The first kappa shape index (κ1) is 18.1. The first-order valence-electron chi connectivity index (χ1n) is 8.59. The summed E-state index contributed by atoms with van der Waals surface area (Å²) in [6.07, 6.45) is 0.357. The Morgan fingerprint density at radius 3 is 2.58 bits per heavy atom. The van der Waals surface area contributed by atoms with Crippen LogP contribution in [0.15, 0.2) is 30.3 Å². The number of rotatable bonds is 6. The molecule has 0 aliphatic carbocycles. The molecule has 0 radical (unpaired) electrons. The molecule has 0 bridgehead atoms. The fourth-order valence-corrected chi connectivity index (χ4v) is 3.26. The van der Waals surface area contributed by atoms with E-state index < -0.39 is 11.5 Å². The van der Waals surface area contributed by atoms with Crippen LogP contribution in [0.2, 0.25) is 0 Å². The van der Waals surface area contributed by atoms with E-state index in [1.807, 2.05) is 36.7 Å². The number of carboxylic acids is 1. The number of nitrogens with zero attached hydrogens (tertiary/aromatic N) is 2. The zero-order valence-corrected chi connectivity index (χ0v) is 15.0. The van der Waals surface area contributed by atoms with Gasteiger partial charge in [0, 0.05) is 17.9 Å². The Morgan fingerprint density at radius 2 is 2.04 bits per heavy atom. The van der Waals surface area contributed by atoms with Gasteiger partial charge >= 0.3 is 5.97 Å². The van der Waals surface area contributed by atoms with Crippen LogP contribution >= 0.6 is 0 Å². The van der Waals surface area contributed by atoms with Crippen LogP contribution in [0, 0.1) is 13.8 Å². The number of benzene rings is 1. The Bertz CT molecular complexity index is 805. The number of amides is 1. The normalized spacial score (nSPS) is 19.5. The summed E-state index contributed by atoms with van der Waals surface area (Å²) in [5, 5.41) is 16.4. The third-order valence-electron chi connectivity index (χ3n) is 4.62. The van der Waals surface area contributed by atoms with Crippen molar-refractivity contribution in [3.8, 4) is 0 Å². The lowest BCUT2D eigenvalue weighted by molar-refractivity contribution is -0.138. The molecule has 1 aromatic carbocycles. The van der Waals surface area contributed by atoms with E-state index in [-0.39, 0.29) is 18.9 Å². The number of aliphatic carboxylic acids is 1. The van der Waals surface area contributed by atoms with Crippen molar-refractivity contribution in [3.05, 3.63) is 52.8 Å². The maximum atomic E-state index is 12.5. The third kappa shape index (κ3) is 4.11. The lowest BCUT2D eigenvalue weighted by atomic mass is 9.93. The van der Waals surface area contributed by atoms with Crippen LogP contribution in [0.4, 0.5) is 0 Å². The number of carboxylic acid groups (broad SMARTS) is 1. The fraction of sp³-hybridized carbons (Fsp3) is 0.421. The van der Waals surface area contributed by atoms with E-state index in [0.717, 1.165) is 17.0 Å². The number of hydrogen-bond donors (Lipinski definition) is 2. The minimum absolute atomic E-state index is 0.144. The lowest BCUT2D eigenvalue weighted by Gasteiger charge is -2.27. The minimum Gasteiger partial charge on any atom is -0.481 e. The van der Waals surface area contributed by atoms with Crippen LogP contribution in [0.1, 0.15) is 40.2 Å². The van der Waals surface area contributed by atoms with Crippen LogP contribution in [-0.4, -0.2) is 45.5 Å². The molecule has 0 saturated carbocycles. The molecule has 1 atom stereocenters. The Hall–Kier alpha value is -2.67. The van der Waals surface area contributed by atoms with Crippen LogP contribution < -0.4 is 5.32 Å². The molecule has 2 N–H and O–H groups in total. The summed E-state index contributed by atoms with van der Waals surface area (Å²) < 4.78 is 7.23. The molecule has 1 fully saturated rings. The van der Waals surface area contributed by atoms with Gasteiger partial charge < -0.3 is 15.2 Å². The molecule has 1 aromatic heterocycles. The number of carbonyl (C=O) groups is 2. The summed E-state index contributed by atoms with van der Waals surface area (Å²) in [5.74, 6) is -1.23. The molecule has 138 valence electrons. The van der Waals surface area contributed by atoms with Crippen molar-refractivity contribution in [2.24, 2.45) is 0 Å². The van der Waals surface area contributed by atoms with Gasteiger partial charge in [-0.25, -0.2) is 0 Å². The summed E-state index contributed by atoms with van der Waals surface area (Å²) in [6, 6.07) is 9.30. The van der Waals surface area contributed by atoms with E-state index in [2.05, 4.69) is 10.4 Å². The Kier molecular flexibility index (Phi) is 5.08. The summed E-state index contributed by atoms with van der Waals surface area (Å²) in [5.41, 5.74) is 2.77. The van der Waals surface area contributed by atoms with Gasteiger partial charge in [0.05, 0.1) is 30.8 Å². The minimum atomic E-state index is -0.948. The highest BCUT2D eigenvalue weighted by atomic mass is 16.5. The molecular weight excluding hydrogens is 334 g/mol. The SMILES string of the molecule is Cc1cc(C)n(Cc2ccc(C(=O)NC3(CC(=O)O)CCOC3)cc2)n1. The van der Waals surface area contributed by atoms with Gasteiger partial charge in [-0.2, -0.15) is 5.10 Å². The predicted octanol–water partition coefficient (Wildman–Crippen LogP) is 1.91. The fourth-order valence-electron chi connectivity index (χ4n) is 3.26. The zero-order chi connectivity index (χ0) is 18.7. The molecule has 1 unspecified atom stereocenters. The summed E-state index contributed by atoms with van der Waals surface area (Å²) in [6.45, 7) is 5.28. The zero-order valence-electron chi connectivity index (χ0n) is 15.0. The molecule has 1 saturated heterocycles. The molecule has 26 heavy (non-hydrogen) atoms. The van der Waals surface area contributed by atoms with Crippen LogP contribution in [-0.2, 0) is 16.1 Å². The largest absolute Gasteiger partial charge is 0.481 e. The Balaban J connectivity index is 1.68. The van der Waals surface area contributed by atoms with Crippen molar-refractivity contribution < 1.29 is 19.4 Å². The maximum Gasteiger partial charge on any atom is 0.305 e. The van der Waals surface area contributed by atoms with Gasteiger partial charge in [0.2, 0.25) is 0 Å². The van der Waals surface area contributed by atoms with Gasteiger partial charge in [-0.1, -0.05) is 12.1 Å². The number of nitrogens with one attached hydrogen (secondary N) is 1. The molecule has 1 amide bonds. The van der Waals surface area contributed by atoms with E-state index >= 15 is 0 Å². The van der Waals surface area contributed by atoms with Crippen molar-refractivity contribution in [2.45, 2.75) is 38.8 Å². The standard InChI is InChI=1S/C19H23N3O4/c1-13-9-14(2)22(21-13)11-15-3-5-16(6-4-15)18(25)20-19(10-17(23)24)7-8-26-12-19/h3-6,9H,7-8,10-12H2,1-2H3,(H,20,25)(H,23,24). The number of carbonyl (C=O) groups excluding carboxylic acids is 1. The van der Waals surface area contributed by atoms with Gasteiger partial charge in [-0.3, -0.25) is 14.3 Å². The van der Waals surface area contributed by atoms with Crippen LogP contribution in [0.25, 0.3) is 0 Å². The molecule has 2 aromatic rings. The second kappa shape index (κ2) is 7.29. The van der Waals surface area contributed by atoms with E-state index in [9.17, 15) is 9.59 Å². The summed E-state index contributed by atoms with van der Waals surface area (Å²) >= 11 is 0. The number of hydrogen-bond acceptors (Lipinski definition) is 4. The summed E-state index contributed by atoms with van der Waals surface area (Å²) in [7, 11) is 0. The van der Waals surface area contributed by atoms with Crippen molar-refractivity contribution in [1.29, 1.82) is 0 Å². The molecule has 0 spiro atoms. The smallest absolute Gasteiger partial charge is 0.305 e. The highest BCUT2D eigenvalue weighted by Gasteiger charge is 2.38. The first-order chi connectivity index (χ1) is 12.4. The topological polar surface area (TPSA) is 93.5 Å². The molecule has 7 nitrogen and oxygen atoms in total. The van der Waals surface area contributed by atoms with Crippen molar-refractivity contribution in [3.63, 3.8) is 0 Å². The molecular formula is C19H23N3O4. The predicted molar refractivity (Wildman–Crippen MR) is 95.1 cm³/mol. The average molecular weight is 357 g/mol. The quantitative estimate of drug-likeness (QED) is 0.824. The van der Waals surface area contributed by atoms with Gasteiger partial charge in [0.25, 0.3) is 5.91 Å². The summed E-state index contributed by atoms with van der Waals surface area (Å²) in [4.78, 5) is 23.6. The highest BCUT2D eigenvalue weighted by Crippen LogP contribution is 2.23. The number of aromatic nitrogens is 2. The Morgan fingerprint density at radius 1 is 1.31 bits per heavy atom. The van der Waals surface area contributed by atoms with Gasteiger partial charge in [-0.15, -0.1) is 0 Å². The van der Waals surface area contributed by atoms with E-state index in [0.29, 0.717) is 25.1 Å². The lowest BCUT2D eigenvalue weighted by Crippen LogP contribution is -2.50. The van der Waals surface area contributed by atoms with Gasteiger partial charge in [-0.05, 0) is 44.0 Å². The Labute approximate surface area is 152 Å². The van der Waals surface area contributed by atoms with E-state index in [4.69, 9.17) is 9.84 Å². The average Bonchev–Trinajstić information content (AvgIpc) is 3.14. The third-order valence-corrected chi connectivity index (χ3v) is 4.62. The number of aryl methyl sites for hydroxylation is 2. The van der Waals surface area contributed by atoms with Crippen molar-refractivity contribution in [2.75, 3.05) is 13.2 Å². The monoisotopic (exact) mass is 357 g/mol. The first-order valence-corrected chi connectivity index (χ1v) is 8.59. The van der Waals surface area contributed by atoms with Crippen molar-refractivity contribution >= 4 is 11.9 Å². The van der Waals surface area contributed by atoms with Gasteiger partial charge in [0.1, 0.15) is 0 Å². The molecule has 7 heteroatoms.